The van der Waals surface area contributed by atoms with Crippen LogP contribution in [0.4, 0.5) is 5.82 Å². The molecule has 1 aliphatic heterocycles. The van der Waals surface area contributed by atoms with E-state index in [9.17, 15) is 4.79 Å². The number of hydrogen-bond acceptors (Lipinski definition) is 4. The van der Waals surface area contributed by atoms with Gasteiger partial charge in [0.25, 0.3) is 5.56 Å². The fourth-order valence-corrected chi connectivity index (χ4v) is 3.04. The van der Waals surface area contributed by atoms with Gasteiger partial charge in [-0.1, -0.05) is 0 Å². The van der Waals surface area contributed by atoms with Crippen LogP contribution in [0.2, 0.25) is 0 Å². The Kier molecular flexibility index (Phi) is 3.78. The maximum atomic E-state index is 11.8. The molecule has 1 saturated carbocycles. The summed E-state index contributed by atoms with van der Waals surface area (Å²) >= 11 is 0. The molecule has 2 heterocycles. The van der Waals surface area contributed by atoms with Gasteiger partial charge in [-0.2, -0.15) is 0 Å². The molecule has 1 aliphatic carbocycles. The standard InChI is InChI=1S/C15H24N4O/c1-18(2)10-11-5-7-19(8-6-11)13-9-14(20)17-15(16-13)12-3-4-12/h9,11-12H,3-8,10H2,1-2H3,(H,16,17,20). The predicted molar refractivity (Wildman–Crippen MR) is 80.3 cm³/mol. The highest BCUT2D eigenvalue weighted by atomic mass is 16.1. The van der Waals surface area contributed by atoms with Crippen LogP contribution in [0, 0.1) is 5.92 Å². The number of aromatic nitrogens is 2. The van der Waals surface area contributed by atoms with Gasteiger partial charge in [-0.3, -0.25) is 4.79 Å². The zero-order valence-electron chi connectivity index (χ0n) is 12.4. The third kappa shape index (κ3) is 3.20. The average Bonchev–Trinajstić information content (AvgIpc) is 3.22. The van der Waals surface area contributed by atoms with Gasteiger partial charge in [0.15, 0.2) is 0 Å². The van der Waals surface area contributed by atoms with Crippen molar-refractivity contribution < 1.29 is 0 Å². The summed E-state index contributed by atoms with van der Waals surface area (Å²) in [7, 11) is 4.26. The van der Waals surface area contributed by atoms with Gasteiger partial charge < -0.3 is 14.8 Å². The van der Waals surface area contributed by atoms with Crippen LogP contribution in [0.3, 0.4) is 0 Å². The first kappa shape index (κ1) is 13.6. The third-order valence-electron chi connectivity index (χ3n) is 4.27. The smallest absolute Gasteiger partial charge is 0.252 e. The van der Waals surface area contributed by atoms with Crippen LogP contribution in [-0.4, -0.2) is 48.6 Å². The Balaban J connectivity index is 1.67. The molecule has 0 atom stereocenters. The van der Waals surface area contributed by atoms with E-state index in [2.05, 4.69) is 33.9 Å². The molecule has 110 valence electrons. The Morgan fingerprint density at radius 2 is 2.00 bits per heavy atom. The van der Waals surface area contributed by atoms with Gasteiger partial charge in [-0.05, 0) is 45.7 Å². The molecule has 2 aliphatic rings. The Morgan fingerprint density at radius 1 is 1.30 bits per heavy atom. The average molecular weight is 276 g/mol. The van der Waals surface area contributed by atoms with E-state index in [1.54, 1.807) is 6.07 Å². The number of hydrogen-bond donors (Lipinski definition) is 1. The highest BCUT2D eigenvalue weighted by Gasteiger charge is 2.27. The van der Waals surface area contributed by atoms with Gasteiger partial charge in [0.2, 0.25) is 0 Å². The first-order chi connectivity index (χ1) is 9.61. The molecule has 1 saturated heterocycles. The van der Waals surface area contributed by atoms with Crippen molar-refractivity contribution in [2.75, 3.05) is 38.6 Å². The van der Waals surface area contributed by atoms with E-state index in [-0.39, 0.29) is 5.56 Å². The van der Waals surface area contributed by atoms with Crippen LogP contribution in [0.25, 0.3) is 0 Å². The summed E-state index contributed by atoms with van der Waals surface area (Å²) < 4.78 is 0. The lowest BCUT2D eigenvalue weighted by Crippen LogP contribution is -2.38. The minimum atomic E-state index is -0.00712. The molecule has 1 aromatic heterocycles. The van der Waals surface area contributed by atoms with Gasteiger partial charge >= 0.3 is 0 Å². The number of H-pyrrole nitrogens is 1. The van der Waals surface area contributed by atoms with E-state index in [0.29, 0.717) is 5.92 Å². The molecular weight excluding hydrogens is 252 g/mol. The third-order valence-corrected chi connectivity index (χ3v) is 4.27. The summed E-state index contributed by atoms with van der Waals surface area (Å²) in [6.45, 7) is 3.18. The Labute approximate surface area is 120 Å². The summed E-state index contributed by atoms with van der Waals surface area (Å²) in [4.78, 5) is 23.8. The van der Waals surface area contributed by atoms with E-state index in [1.807, 2.05) is 0 Å². The molecule has 0 radical (unpaired) electrons. The number of aromatic amines is 1. The molecule has 1 aromatic rings. The van der Waals surface area contributed by atoms with Crippen LogP contribution in [0.1, 0.15) is 37.4 Å². The summed E-state index contributed by atoms with van der Waals surface area (Å²) in [6.07, 6.45) is 4.70. The number of piperidine rings is 1. The van der Waals surface area contributed by atoms with E-state index < -0.39 is 0 Å². The maximum Gasteiger partial charge on any atom is 0.252 e. The topological polar surface area (TPSA) is 52.2 Å². The molecule has 0 amide bonds. The van der Waals surface area contributed by atoms with Crippen LogP contribution < -0.4 is 10.5 Å². The molecule has 5 heteroatoms. The first-order valence-corrected chi connectivity index (χ1v) is 7.63. The summed E-state index contributed by atoms with van der Waals surface area (Å²) in [5, 5.41) is 0. The van der Waals surface area contributed by atoms with Gasteiger partial charge in [-0.15, -0.1) is 0 Å². The maximum absolute atomic E-state index is 11.8. The van der Waals surface area contributed by atoms with Crippen LogP contribution in [0.5, 0.6) is 0 Å². The van der Waals surface area contributed by atoms with Crippen molar-refractivity contribution in [1.82, 2.24) is 14.9 Å². The molecule has 3 rings (SSSR count). The highest BCUT2D eigenvalue weighted by molar-refractivity contribution is 5.38. The monoisotopic (exact) mass is 276 g/mol. The lowest BCUT2D eigenvalue weighted by molar-refractivity contribution is 0.284. The second-order valence-corrected chi connectivity index (χ2v) is 6.46. The van der Waals surface area contributed by atoms with Crippen molar-refractivity contribution in [2.45, 2.75) is 31.6 Å². The van der Waals surface area contributed by atoms with Gasteiger partial charge in [-0.25, -0.2) is 4.98 Å². The summed E-state index contributed by atoms with van der Waals surface area (Å²) in [5.41, 5.74) is -0.00712. The molecule has 0 unspecified atom stereocenters. The van der Waals surface area contributed by atoms with Gasteiger partial charge in [0.05, 0.1) is 0 Å². The quantitative estimate of drug-likeness (QED) is 0.904. The minimum absolute atomic E-state index is 0.00712. The van der Waals surface area contributed by atoms with E-state index in [0.717, 1.165) is 50.0 Å². The van der Waals surface area contributed by atoms with Gasteiger partial charge in [0, 0.05) is 31.6 Å². The molecule has 0 bridgehead atoms. The van der Waals surface area contributed by atoms with Crippen LogP contribution in [0.15, 0.2) is 10.9 Å². The molecule has 2 fully saturated rings. The zero-order chi connectivity index (χ0) is 14.1. The fraction of sp³-hybridized carbons (Fsp3) is 0.733. The Morgan fingerprint density at radius 3 is 2.60 bits per heavy atom. The number of rotatable bonds is 4. The highest BCUT2D eigenvalue weighted by Crippen LogP contribution is 2.38. The molecule has 1 N–H and O–H groups in total. The second-order valence-electron chi connectivity index (χ2n) is 6.46. The molecule has 0 aromatic carbocycles. The van der Waals surface area contributed by atoms with E-state index in [1.165, 1.54) is 12.8 Å². The lowest BCUT2D eigenvalue weighted by Gasteiger charge is -2.33. The molecule has 0 spiro atoms. The normalized spacial score (nSPS) is 20.6. The van der Waals surface area contributed by atoms with Crippen LogP contribution >= 0.6 is 0 Å². The summed E-state index contributed by atoms with van der Waals surface area (Å²) in [6, 6.07) is 1.65. The van der Waals surface area contributed by atoms with Crippen molar-refractivity contribution in [3.63, 3.8) is 0 Å². The van der Waals surface area contributed by atoms with Crippen molar-refractivity contribution in [2.24, 2.45) is 5.92 Å². The number of nitrogens with zero attached hydrogens (tertiary/aromatic N) is 3. The Bertz CT molecular complexity index is 513. The van der Waals surface area contributed by atoms with Crippen molar-refractivity contribution in [3.05, 3.63) is 22.2 Å². The van der Waals surface area contributed by atoms with Gasteiger partial charge in [0.1, 0.15) is 11.6 Å². The second kappa shape index (κ2) is 5.56. The fourth-order valence-electron chi connectivity index (χ4n) is 3.04. The zero-order valence-corrected chi connectivity index (χ0v) is 12.4. The van der Waals surface area contributed by atoms with Crippen molar-refractivity contribution in [1.29, 1.82) is 0 Å². The number of nitrogens with one attached hydrogen (secondary N) is 1. The minimum Gasteiger partial charge on any atom is -0.356 e. The number of anilines is 1. The Hall–Kier alpha value is -1.36. The first-order valence-electron chi connectivity index (χ1n) is 7.63. The van der Waals surface area contributed by atoms with E-state index in [4.69, 9.17) is 0 Å². The van der Waals surface area contributed by atoms with Crippen molar-refractivity contribution in [3.8, 4) is 0 Å². The SMILES string of the molecule is CN(C)CC1CCN(c2cc(=O)[nH]c(C3CC3)n2)CC1. The molecular formula is C15H24N4O. The van der Waals surface area contributed by atoms with Crippen molar-refractivity contribution >= 4 is 5.82 Å². The largest absolute Gasteiger partial charge is 0.356 e. The summed E-state index contributed by atoms with van der Waals surface area (Å²) in [5.74, 6) is 3.03. The molecule has 20 heavy (non-hydrogen) atoms. The lowest BCUT2D eigenvalue weighted by atomic mass is 9.96. The van der Waals surface area contributed by atoms with E-state index >= 15 is 0 Å². The molecule has 5 nitrogen and oxygen atoms in total. The van der Waals surface area contributed by atoms with Crippen LogP contribution in [-0.2, 0) is 0 Å². The predicted octanol–water partition coefficient (Wildman–Crippen LogP) is 1.43.